The Balaban J connectivity index is 0.00000254. The van der Waals surface area contributed by atoms with Crippen LogP contribution in [-0.4, -0.2) is 84.7 Å². The summed E-state index contributed by atoms with van der Waals surface area (Å²) in [6.07, 6.45) is 6.19. The SMILES string of the molecule is CC.CCCCCN1CCCN(CCC)CCN(CC(=O)O)CC1. The number of rotatable bonds is 8. The molecular weight excluding hydrogens is 302 g/mol. The highest BCUT2D eigenvalue weighted by molar-refractivity contribution is 5.69. The lowest BCUT2D eigenvalue weighted by Gasteiger charge is -2.32. The van der Waals surface area contributed by atoms with Crippen molar-refractivity contribution in [3.63, 3.8) is 0 Å². The first-order valence-electron chi connectivity index (χ1n) is 10.0. The number of carboxylic acid groups (broad SMARTS) is 1. The third-order valence-corrected chi connectivity index (χ3v) is 4.39. The minimum Gasteiger partial charge on any atom is -0.480 e. The highest BCUT2D eigenvalue weighted by Gasteiger charge is 2.16. The van der Waals surface area contributed by atoms with E-state index in [0.29, 0.717) is 0 Å². The molecule has 144 valence electrons. The van der Waals surface area contributed by atoms with Gasteiger partial charge in [0.05, 0.1) is 6.54 Å². The lowest BCUT2D eigenvalue weighted by Crippen LogP contribution is -2.44. The second-order valence-corrected chi connectivity index (χ2v) is 6.41. The van der Waals surface area contributed by atoms with Crippen LogP contribution in [0.15, 0.2) is 0 Å². The zero-order valence-corrected chi connectivity index (χ0v) is 16.6. The molecule has 1 aliphatic rings. The Bertz CT molecular complexity index is 300. The molecular formula is C19H41N3O2. The van der Waals surface area contributed by atoms with Crippen LogP contribution < -0.4 is 0 Å². The monoisotopic (exact) mass is 343 g/mol. The highest BCUT2D eigenvalue weighted by Crippen LogP contribution is 2.05. The fourth-order valence-electron chi connectivity index (χ4n) is 3.12. The predicted molar refractivity (Wildman–Crippen MR) is 103 cm³/mol. The highest BCUT2D eigenvalue weighted by atomic mass is 16.4. The first-order valence-corrected chi connectivity index (χ1v) is 10.0. The summed E-state index contributed by atoms with van der Waals surface area (Å²) in [6.45, 7) is 16.9. The average Bonchev–Trinajstić information content (AvgIpc) is 2.57. The number of hydrogen-bond acceptors (Lipinski definition) is 4. The van der Waals surface area contributed by atoms with Gasteiger partial charge in [0, 0.05) is 26.2 Å². The fraction of sp³-hybridized carbons (Fsp3) is 0.947. The van der Waals surface area contributed by atoms with Gasteiger partial charge in [0.15, 0.2) is 0 Å². The Hall–Kier alpha value is -0.650. The fourth-order valence-corrected chi connectivity index (χ4v) is 3.12. The first kappa shape index (κ1) is 23.4. The minimum absolute atomic E-state index is 0.169. The Morgan fingerprint density at radius 1 is 0.792 bits per heavy atom. The molecule has 1 fully saturated rings. The van der Waals surface area contributed by atoms with Crippen molar-refractivity contribution in [3.05, 3.63) is 0 Å². The second kappa shape index (κ2) is 15.9. The molecule has 5 nitrogen and oxygen atoms in total. The molecule has 1 aliphatic heterocycles. The molecule has 0 spiro atoms. The van der Waals surface area contributed by atoms with Crippen LogP contribution in [0.25, 0.3) is 0 Å². The van der Waals surface area contributed by atoms with Crippen LogP contribution in [0.3, 0.4) is 0 Å². The number of aliphatic carboxylic acids is 1. The molecule has 24 heavy (non-hydrogen) atoms. The van der Waals surface area contributed by atoms with Crippen LogP contribution in [-0.2, 0) is 4.79 Å². The molecule has 0 atom stereocenters. The topological polar surface area (TPSA) is 47.0 Å². The van der Waals surface area contributed by atoms with Gasteiger partial charge in [-0.05, 0) is 45.4 Å². The number of unbranched alkanes of at least 4 members (excludes halogenated alkanes) is 2. The maximum absolute atomic E-state index is 11.1. The molecule has 0 radical (unpaired) electrons. The van der Waals surface area contributed by atoms with E-state index >= 15 is 0 Å². The summed E-state index contributed by atoms with van der Waals surface area (Å²) in [5, 5.41) is 9.09. The standard InChI is InChI=1S/C17H35N3O2.C2H6/c1-3-5-6-9-19-11-7-10-18(8-4-2)12-14-20(15-13-19)16-17(21)22;1-2/h3-16H2,1-2H3,(H,21,22);1-2H3. The van der Waals surface area contributed by atoms with Gasteiger partial charge >= 0.3 is 5.97 Å². The zero-order chi connectivity index (χ0) is 18.2. The molecule has 1 saturated heterocycles. The predicted octanol–water partition coefficient (Wildman–Crippen LogP) is 3.01. The van der Waals surface area contributed by atoms with E-state index in [2.05, 4.69) is 28.5 Å². The first-order chi connectivity index (χ1) is 11.7. The van der Waals surface area contributed by atoms with Crippen molar-refractivity contribution in [1.29, 1.82) is 0 Å². The van der Waals surface area contributed by atoms with Gasteiger partial charge in [-0.1, -0.05) is 40.5 Å². The Labute approximate surface area is 150 Å². The summed E-state index contributed by atoms with van der Waals surface area (Å²) in [7, 11) is 0. The third kappa shape index (κ3) is 11.8. The molecule has 1 heterocycles. The molecule has 0 aromatic carbocycles. The van der Waals surface area contributed by atoms with E-state index in [1.54, 1.807) is 0 Å². The van der Waals surface area contributed by atoms with Crippen LogP contribution in [0.5, 0.6) is 0 Å². The van der Waals surface area contributed by atoms with Crippen molar-refractivity contribution in [2.45, 2.75) is 59.8 Å². The van der Waals surface area contributed by atoms with Crippen molar-refractivity contribution in [2.75, 3.05) is 58.9 Å². The zero-order valence-electron chi connectivity index (χ0n) is 16.6. The maximum Gasteiger partial charge on any atom is 0.317 e. The van der Waals surface area contributed by atoms with Gasteiger partial charge in [-0.15, -0.1) is 0 Å². The van der Waals surface area contributed by atoms with Crippen LogP contribution in [0, 0.1) is 0 Å². The van der Waals surface area contributed by atoms with E-state index in [0.717, 1.165) is 52.4 Å². The Kier molecular flexibility index (Phi) is 15.4. The number of hydrogen-bond donors (Lipinski definition) is 1. The van der Waals surface area contributed by atoms with E-state index in [-0.39, 0.29) is 6.54 Å². The summed E-state index contributed by atoms with van der Waals surface area (Å²) < 4.78 is 0. The van der Waals surface area contributed by atoms with Gasteiger partial charge in [-0.25, -0.2) is 0 Å². The summed E-state index contributed by atoms with van der Waals surface area (Å²) >= 11 is 0. The molecule has 0 bridgehead atoms. The van der Waals surface area contributed by atoms with E-state index < -0.39 is 5.97 Å². The van der Waals surface area contributed by atoms with Crippen molar-refractivity contribution < 1.29 is 9.90 Å². The smallest absolute Gasteiger partial charge is 0.317 e. The molecule has 0 aromatic heterocycles. The van der Waals surface area contributed by atoms with E-state index in [4.69, 9.17) is 5.11 Å². The average molecular weight is 344 g/mol. The van der Waals surface area contributed by atoms with Crippen LogP contribution in [0.1, 0.15) is 59.8 Å². The van der Waals surface area contributed by atoms with Gasteiger partial charge in [0.25, 0.3) is 0 Å². The van der Waals surface area contributed by atoms with Crippen molar-refractivity contribution >= 4 is 5.97 Å². The molecule has 0 aliphatic carbocycles. The molecule has 5 heteroatoms. The van der Waals surface area contributed by atoms with Crippen LogP contribution in [0.2, 0.25) is 0 Å². The minimum atomic E-state index is -0.711. The van der Waals surface area contributed by atoms with Gasteiger partial charge < -0.3 is 14.9 Å². The van der Waals surface area contributed by atoms with E-state index in [1.165, 1.54) is 32.1 Å². The molecule has 0 unspecified atom stereocenters. The van der Waals surface area contributed by atoms with Crippen molar-refractivity contribution in [3.8, 4) is 0 Å². The number of carbonyl (C=O) groups is 1. The molecule has 0 aromatic rings. The van der Waals surface area contributed by atoms with Gasteiger partial charge in [-0.3, -0.25) is 9.69 Å². The van der Waals surface area contributed by atoms with Crippen LogP contribution >= 0.6 is 0 Å². The van der Waals surface area contributed by atoms with Gasteiger partial charge in [0.1, 0.15) is 0 Å². The number of carboxylic acids is 1. The second-order valence-electron chi connectivity index (χ2n) is 6.41. The van der Waals surface area contributed by atoms with E-state index in [9.17, 15) is 4.79 Å². The molecule has 0 saturated carbocycles. The lowest BCUT2D eigenvalue weighted by atomic mass is 10.2. The lowest BCUT2D eigenvalue weighted by molar-refractivity contribution is -0.138. The molecule has 1 rings (SSSR count). The molecule has 1 N–H and O–H groups in total. The van der Waals surface area contributed by atoms with Crippen molar-refractivity contribution in [2.24, 2.45) is 0 Å². The van der Waals surface area contributed by atoms with Crippen LogP contribution in [0.4, 0.5) is 0 Å². The Morgan fingerprint density at radius 2 is 1.33 bits per heavy atom. The Morgan fingerprint density at radius 3 is 1.83 bits per heavy atom. The number of nitrogens with zero attached hydrogens (tertiary/aromatic N) is 3. The van der Waals surface area contributed by atoms with Gasteiger partial charge in [-0.2, -0.15) is 0 Å². The summed E-state index contributed by atoms with van der Waals surface area (Å²) in [5.41, 5.74) is 0. The maximum atomic E-state index is 11.1. The third-order valence-electron chi connectivity index (χ3n) is 4.39. The largest absolute Gasteiger partial charge is 0.480 e. The summed E-state index contributed by atoms with van der Waals surface area (Å²) in [6, 6.07) is 0. The molecule has 0 amide bonds. The summed E-state index contributed by atoms with van der Waals surface area (Å²) in [4.78, 5) is 18.2. The van der Waals surface area contributed by atoms with Crippen molar-refractivity contribution in [1.82, 2.24) is 14.7 Å². The normalized spacial score (nSPS) is 18.7. The summed E-state index contributed by atoms with van der Waals surface area (Å²) in [5.74, 6) is -0.711. The quantitative estimate of drug-likeness (QED) is 0.687. The van der Waals surface area contributed by atoms with E-state index in [1.807, 2.05) is 13.8 Å². The van der Waals surface area contributed by atoms with Gasteiger partial charge in [0.2, 0.25) is 0 Å².